The smallest absolute Gasteiger partial charge is 0.228 e. The fraction of sp³-hybridized carbons (Fsp3) is 0.750. The molecule has 0 radical (unpaired) electrons. The summed E-state index contributed by atoms with van der Waals surface area (Å²) in [5, 5.41) is 3.34. The summed E-state index contributed by atoms with van der Waals surface area (Å²) >= 11 is 5.73. The van der Waals surface area contributed by atoms with E-state index in [1.165, 1.54) is 32.1 Å². The average molecular weight is 270 g/mol. The fourth-order valence-electron chi connectivity index (χ4n) is 2.52. The molecule has 0 saturated heterocycles. The predicted octanol–water partition coefficient (Wildman–Crippen LogP) is 2.74. The molecule has 0 unspecified atom stereocenters. The van der Waals surface area contributed by atoms with Gasteiger partial charge in [-0.1, -0.05) is 26.2 Å². The minimum absolute atomic E-state index is 0.139. The first kappa shape index (κ1) is 13.3. The zero-order valence-corrected chi connectivity index (χ0v) is 11.5. The van der Waals surface area contributed by atoms with Crippen molar-refractivity contribution in [3.8, 4) is 0 Å². The number of halogens is 1. The van der Waals surface area contributed by atoms with Crippen LogP contribution in [0.4, 0.5) is 11.9 Å². The zero-order valence-electron chi connectivity index (χ0n) is 10.7. The third-order valence-electron chi connectivity index (χ3n) is 3.72. The quantitative estimate of drug-likeness (QED) is 0.879. The summed E-state index contributed by atoms with van der Waals surface area (Å²) in [4.78, 5) is 11.7. The van der Waals surface area contributed by atoms with Crippen molar-refractivity contribution in [1.29, 1.82) is 0 Å². The molecule has 5 nitrogen and oxygen atoms in total. The van der Waals surface area contributed by atoms with Gasteiger partial charge in [0.25, 0.3) is 0 Å². The van der Waals surface area contributed by atoms with E-state index in [0.717, 1.165) is 12.5 Å². The summed E-state index contributed by atoms with van der Waals surface area (Å²) in [5.74, 6) is 2.25. The number of nitrogens with two attached hydrogens (primary N) is 1. The van der Waals surface area contributed by atoms with Gasteiger partial charge in [-0.15, -0.1) is 0 Å². The van der Waals surface area contributed by atoms with Crippen molar-refractivity contribution >= 4 is 23.5 Å². The van der Waals surface area contributed by atoms with Crippen LogP contribution in [0.5, 0.6) is 0 Å². The summed E-state index contributed by atoms with van der Waals surface area (Å²) in [5.41, 5.74) is 5.52. The van der Waals surface area contributed by atoms with Crippen molar-refractivity contribution in [2.45, 2.75) is 39.0 Å². The van der Waals surface area contributed by atoms with Crippen molar-refractivity contribution in [3.63, 3.8) is 0 Å². The van der Waals surface area contributed by atoms with Crippen molar-refractivity contribution in [1.82, 2.24) is 15.0 Å². The van der Waals surface area contributed by atoms with E-state index in [2.05, 4.69) is 27.2 Å². The molecule has 1 aromatic heterocycles. The van der Waals surface area contributed by atoms with E-state index < -0.39 is 0 Å². The maximum atomic E-state index is 5.73. The Kier molecular flexibility index (Phi) is 4.58. The minimum Gasteiger partial charge on any atom is -0.368 e. The molecular formula is C12H20ClN5. The molecule has 0 aliphatic heterocycles. The van der Waals surface area contributed by atoms with Crippen molar-refractivity contribution in [2.24, 2.45) is 11.8 Å². The lowest BCUT2D eigenvalue weighted by Gasteiger charge is -2.27. The van der Waals surface area contributed by atoms with Gasteiger partial charge in [0.2, 0.25) is 17.2 Å². The van der Waals surface area contributed by atoms with E-state index in [1.807, 2.05) is 0 Å². The van der Waals surface area contributed by atoms with Crippen LogP contribution < -0.4 is 11.1 Å². The fourth-order valence-corrected chi connectivity index (χ4v) is 2.69. The van der Waals surface area contributed by atoms with E-state index in [1.54, 1.807) is 0 Å². The summed E-state index contributed by atoms with van der Waals surface area (Å²) < 4.78 is 0. The Bertz CT molecular complexity index is 370. The first-order chi connectivity index (χ1) is 8.67. The number of aromatic nitrogens is 3. The molecule has 1 heterocycles. The van der Waals surface area contributed by atoms with Gasteiger partial charge in [-0.2, -0.15) is 15.0 Å². The second kappa shape index (κ2) is 6.18. The SMILES string of the molecule is CCC1CCC(CNc2nc(N)nc(Cl)n2)CC1. The average Bonchev–Trinajstić information content (AvgIpc) is 2.36. The van der Waals surface area contributed by atoms with Gasteiger partial charge < -0.3 is 11.1 Å². The van der Waals surface area contributed by atoms with Gasteiger partial charge in [-0.25, -0.2) is 0 Å². The molecule has 0 atom stereocenters. The monoisotopic (exact) mass is 269 g/mol. The lowest BCUT2D eigenvalue weighted by Crippen LogP contribution is -2.22. The molecule has 0 bridgehead atoms. The van der Waals surface area contributed by atoms with Crippen molar-refractivity contribution < 1.29 is 0 Å². The van der Waals surface area contributed by atoms with Crippen molar-refractivity contribution in [2.75, 3.05) is 17.6 Å². The highest BCUT2D eigenvalue weighted by Crippen LogP contribution is 2.30. The first-order valence-corrected chi connectivity index (χ1v) is 6.96. The highest BCUT2D eigenvalue weighted by atomic mass is 35.5. The van der Waals surface area contributed by atoms with Gasteiger partial charge >= 0.3 is 0 Å². The van der Waals surface area contributed by atoms with Gasteiger partial charge in [0.05, 0.1) is 0 Å². The van der Waals surface area contributed by atoms with Crippen molar-refractivity contribution in [3.05, 3.63) is 5.28 Å². The third-order valence-corrected chi connectivity index (χ3v) is 3.89. The maximum absolute atomic E-state index is 5.73. The standard InChI is InChI=1S/C12H20ClN5/c1-2-8-3-5-9(6-4-8)7-15-12-17-10(13)16-11(14)18-12/h8-9H,2-7H2,1H3,(H3,14,15,16,17,18). The Hall–Kier alpha value is -1.10. The van der Waals surface area contributed by atoms with E-state index in [0.29, 0.717) is 11.9 Å². The van der Waals surface area contributed by atoms with Crippen LogP contribution in [-0.2, 0) is 0 Å². The van der Waals surface area contributed by atoms with Gasteiger partial charge in [0, 0.05) is 6.54 Å². The molecule has 1 saturated carbocycles. The van der Waals surface area contributed by atoms with E-state index in [4.69, 9.17) is 17.3 Å². The van der Waals surface area contributed by atoms with E-state index >= 15 is 0 Å². The van der Waals surface area contributed by atoms with Crippen LogP contribution in [0.25, 0.3) is 0 Å². The highest BCUT2D eigenvalue weighted by Gasteiger charge is 2.19. The van der Waals surface area contributed by atoms with Crippen LogP contribution in [0, 0.1) is 11.8 Å². The first-order valence-electron chi connectivity index (χ1n) is 6.58. The molecule has 18 heavy (non-hydrogen) atoms. The number of hydrogen-bond donors (Lipinski definition) is 2. The maximum Gasteiger partial charge on any atom is 0.228 e. The molecule has 0 spiro atoms. The molecule has 3 N–H and O–H groups in total. The van der Waals surface area contributed by atoms with Gasteiger partial charge in [0.15, 0.2) is 0 Å². The Morgan fingerprint density at radius 3 is 2.44 bits per heavy atom. The molecule has 2 rings (SSSR count). The largest absolute Gasteiger partial charge is 0.368 e. The summed E-state index contributed by atoms with van der Waals surface area (Å²) in [6.45, 7) is 3.16. The van der Waals surface area contributed by atoms with E-state index in [-0.39, 0.29) is 11.2 Å². The zero-order chi connectivity index (χ0) is 13.0. The Balaban J connectivity index is 1.81. The molecule has 1 aromatic rings. The van der Waals surface area contributed by atoms with Crippen LogP contribution in [0.2, 0.25) is 5.28 Å². The third kappa shape index (κ3) is 3.70. The van der Waals surface area contributed by atoms with Crippen LogP contribution in [0.15, 0.2) is 0 Å². The summed E-state index contributed by atoms with van der Waals surface area (Å²) in [7, 11) is 0. The number of hydrogen-bond acceptors (Lipinski definition) is 5. The molecule has 0 aromatic carbocycles. The van der Waals surface area contributed by atoms with Crippen LogP contribution in [0.3, 0.4) is 0 Å². The van der Waals surface area contributed by atoms with Crippen LogP contribution >= 0.6 is 11.6 Å². The lowest BCUT2D eigenvalue weighted by atomic mass is 9.81. The highest BCUT2D eigenvalue weighted by molar-refractivity contribution is 6.28. The second-order valence-electron chi connectivity index (χ2n) is 4.96. The van der Waals surface area contributed by atoms with Crippen LogP contribution in [0.1, 0.15) is 39.0 Å². The van der Waals surface area contributed by atoms with E-state index in [9.17, 15) is 0 Å². The molecule has 1 aliphatic carbocycles. The number of rotatable bonds is 4. The number of nitrogens with zero attached hydrogens (tertiary/aromatic N) is 3. The Morgan fingerprint density at radius 1 is 1.17 bits per heavy atom. The Morgan fingerprint density at radius 2 is 1.83 bits per heavy atom. The lowest BCUT2D eigenvalue weighted by molar-refractivity contribution is 0.278. The number of nitrogen functional groups attached to an aromatic ring is 1. The predicted molar refractivity (Wildman–Crippen MR) is 73.5 cm³/mol. The van der Waals surface area contributed by atoms with Crippen LogP contribution in [-0.4, -0.2) is 21.5 Å². The summed E-state index contributed by atoms with van der Waals surface area (Å²) in [6, 6.07) is 0. The topological polar surface area (TPSA) is 76.7 Å². The number of anilines is 2. The van der Waals surface area contributed by atoms with Gasteiger partial charge in [-0.05, 0) is 36.3 Å². The molecular weight excluding hydrogens is 250 g/mol. The minimum atomic E-state index is 0.139. The summed E-state index contributed by atoms with van der Waals surface area (Å²) in [6.07, 6.45) is 6.53. The molecule has 1 fully saturated rings. The van der Waals surface area contributed by atoms with Gasteiger partial charge in [-0.3, -0.25) is 0 Å². The number of nitrogens with one attached hydrogen (secondary N) is 1. The second-order valence-corrected chi connectivity index (χ2v) is 5.30. The molecule has 6 heteroatoms. The molecule has 1 aliphatic rings. The molecule has 0 amide bonds. The molecule has 100 valence electrons. The normalized spacial score (nSPS) is 23.9. The Labute approximate surface area is 113 Å². The van der Waals surface area contributed by atoms with Gasteiger partial charge in [0.1, 0.15) is 0 Å².